The smallest absolute Gasteiger partial charge is 0.260 e. The number of halogens is 1. The van der Waals surface area contributed by atoms with E-state index < -0.39 is 0 Å². The number of nitrogens with zero attached hydrogens (tertiary/aromatic N) is 2. The number of para-hydroxylation sites is 2. The summed E-state index contributed by atoms with van der Waals surface area (Å²) in [5.74, 6) is 0.944. The van der Waals surface area contributed by atoms with Gasteiger partial charge in [0.15, 0.2) is 5.75 Å². The molecule has 0 saturated carbocycles. The van der Waals surface area contributed by atoms with Gasteiger partial charge >= 0.3 is 0 Å². The quantitative estimate of drug-likeness (QED) is 0.620. The summed E-state index contributed by atoms with van der Waals surface area (Å²) < 4.78 is 5.93. The largest absolute Gasteiger partial charge is 0.436 e. The average molecular weight is 351 g/mol. The van der Waals surface area contributed by atoms with Crippen LogP contribution in [0.1, 0.15) is 21.5 Å². The van der Waals surface area contributed by atoms with Crippen LogP contribution in [0.25, 0.3) is 0 Å². The lowest BCUT2D eigenvalue weighted by Gasteiger charge is -2.22. The minimum atomic E-state index is -0.165. The second-order valence-corrected chi connectivity index (χ2v) is 6.32. The summed E-state index contributed by atoms with van der Waals surface area (Å²) >= 11 is 6.29. The SMILES string of the molecule is Cc1ccc(Cl)c(C(=O)N2Cc3cccnc3Oc3ccccc32)c1. The Morgan fingerprint density at radius 3 is 2.88 bits per heavy atom. The molecule has 124 valence electrons. The number of benzene rings is 2. The highest BCUT2D eigenvalue weighted by molar-refractivity contribution is 6.34. The fourth-order valence-corrected chi connectivity index (χ4v) is 3.09. The lowest BCUT2D eigenvalue weighted by molar-refractivity contribution is 0.0985. The summed E-state index contributed by atoms with van der Waals surface area (Å²) in [5.41, 5.74) is 3.00. The van der Waals surface area contributed by atoms with Crippen molar-refractivity contribution in [2.45, 2.75) is 13.5 Å². The molecule has 0 radical (unpaired) electrons. The Morgan fingerprint density at radius 1 is 1.16 bits per heavy atom. The highest BCUT2D eigenvalue weighted by atomic mass is 35.5. The molecule has 0 N–H and O–H groups in total. The second kappa shape index (κ2) is 6.22. The maximum absolute atomic E-state index is 13.3. The van der Waals surface area contributed by atoms with Crippen LogP contribution in [-0.4, -0.2) is 10.9 Å². The number of hydrogen-bond donors (Lipinski definition) is 0. The molecule has 0 aliphatic carbocycles. The maximum atomic E-state index is 13.3. The molecule has 2 aromatic carbocycles. The van der Waals surface area contributed by atoms with Gasteiger partial charge in [-0.25, -0.2) is 4.98 Å². The Hall–Kier alpha value is -2.85. The van der Waals surface area contributed by atoms with Crippen LogP contribution in [0, 0.1) is 6.92 Å². The van der Waals surface area contributed by atoms with Crippen molar-refractivity contribution in [2.75, 3.05) is 4.90 Å². The number of carbonyl (C=O) groups is 1. The third-order valence-electron chi connectivity index (χ3n) is 4.14. The van der Waals surface area contributed by atoms with E-state index in [1.54, 1.807) is 17.2 Å². The molecule has 0 fully saturated rings. The minimum Gasteiger partial charge on any atom is -0.436 e. The molecule has 1 aliphatic heterocycles. The summed E-state index contributed by atoms with van der Waals surface area (Å²) in [6.07, 6.45) is 1.68. The van der Waals surface area contributed by atoms with E-state index >= 15 is 0 Å². The summed E-state index contributed by atoms with van der Waals surface area (Å²) in [7, 11) is 0. The first-order chi connectivity index (χ1) is 12.1. The van der Waals surface area contributed by atoms with Crippen molar-refractivity contribution >= 4 is 23.2 Å². The average Bonchev–Trinajstić information content (AvgIpc) is 2.79. The van der Waals surface area contributed by atoms with Gasteiger partial charge in [0.05, 0.1) is 22.8 Å². The summed E-state index contributed by atoms with van der Waals surface area (Å²) in [6.45, 7) is 2.30. The molecule has 4 rings (SSSR count). The van der Waals surface area contributed by atoms with E-state index in [-0.39, 0.29) is 5.91 Å². The number of anilines is 1. The highest BCUT2D eigenvalue weighted by Gasteiger charge is 2.27. The predicted molar refractivity (Wildman–Crippen MR) is 97.5 cm³/mol. The number of carbonyl (C=O) groups excluding carboxylic acids is 1. The van der Waals surface area contributed by atoms with Crippen molar-refractivity contribution in [2.24, 2.45) is 0 Å². The van der Waals surface area contributed by atoms with E-state index in [0.717, 1.165) is 11.1 Å². The molecule has 0 saturated heterocycles. The van der Waals surface area contributed by atoms with E-state index in [1.807, 2.05) is 55.5 Å². The van der Waals surface area contributed by atoms with Crippen molar-refractivity contribution in [3.8, 4) is 11.6 Å². The van der Waals surface area contributed by atoms with Crippen LogP contribution in [-0.2, 0) is 6.54 Å². The van der Waals surface area contributed by atoms with Crippen LogP contribution in [0.3, 0.4) is 0 Å². The lowest BCUT2D eigenvalue weighted by Crippen LogP contribution is -2.30. The number of pyridine rings is 1. The predicted octanol–water partition coefficient (Wildman–Crippen LogP) is 5.00. The molecular formula is C20H15ClN2O2. The van der Waals surface area contributed by atoms with E-state index in [9.17, 15) is 4.79 Å². The molecule has 0 atom stereocenters. The first kappa shape index (κ1) is 15.7. The van der Waals surface area contributed by atoms with Gasteiger partial charge < -0.3 is 9.64 Å². The zero-order valence-corrected chi connectivity index (χ0v) is 14.3. The van der Waals surface area contributed by atoms with E-state index in [1.165, 1.54) is 0 Å². The standard InChI is InChI=1S/C20H15ClN2O2/c1-13-8-9-16(21)15(11-13)20(24)23-12-14-5-4-10-22-19(14)25-18-7-3-2-6-17(18)23/h2-11H,12H2,1H3. The zero-order chi connectivity index (χ0) is 17.4. The Bertz CT molecular complexity index is 971. The number of rotatable bonds is 1. The van der Waals surface area contributed by atoms with Gasteiger partial charge in [-0.2, -0.15) is 0 Å². The van der Waals surface area contributed by atoms with Gasteiger partial charge in [0.25, 0.3) is 5.91 Å². The Labute approximate surface area is 150 Å². The monoisotopic (exact) mass is 350 g/mol. The zero-order valence-electron chi connectivity index (χ0n) is 13.6. The van der Waals surface area contributed by atoms with E-state index in [0.29, 0.717) is 34.4 Å². The number of amides is 1. The molecule has 3 aromatic rings. The van der Waals surface area contributed by atoms with Gasteiger partial charge in [-0.15, -0.1) is 0 Å². The molecule has 4 nitrogen and oxygen atoms in total. The van der Waals surface area contributed by atoms with Gasteiger partial charge in [0.2, 0.25) is 5.88 Å². The molecule has 1 amide bonds. The normalized spacial score (nSPS) is 12.6. The number of hydrogen-bond acceptors (Lipinski definition) is 3. The Balaban J connectivity index is 1.85. The van der Waals surface area contributed by atoms with Gasteiger partial charge in [-0.3, -0.25) is 4.79 Å². The van der Waals surface area contributed by atoms with Gasteiger partial charge in [-0.05, 0) is 37.3 Å². The topological polar surface area (TPSA) is 42.4 Å². The fourth-order valence-electron chi connectivity index (χ4n) is 2.89. The Morgan fingerprint density at radius 2 is 2.00 bits per heavy atom. The van der Waals surface area contributed by atoms with Crippen LogP contribution < -0.4 is 9.64 Å². The summed E-state index contributed by atoms with van der Waals surface area (Å²) in [5, 5.41) is 0.435. The molecule has 0 spiro atoms. The van der Waals surface area contributed by atoms with Crippen LogP contribution in [0.4, 0.5) is 5.69 Å². The molecule has 0 unspecified atom stereocenters. The van der Waals surface area contributed by atoms with Crippen molar-refractivity contribution in [1.29, 1.82) is 0 Å². The van der Waals surface area contributed by atoms with Crippen molar-refractivity contribution in [3.05, 3.63) is 82.5 Å². The van der Waals surface area contributed by atoms with Gasteiger partial charge in [-0.1, -0.05) is 41.4 Å². The molecule has 1 aliphatic rings. The molecule has 25 heavy (non-hydrogen) atoms. The minimum absolute atomic E-state index is 0.165. The molecule has 2 heterocycles. The van der Waals surface area contributed by atoms with Gasteiger partial charge in [0, 0.05) is 11.8 Å². The lowest BCUT2D eigenvalue weighted by atomic mass is 10.1. The van der Waals surface area contributed by atoms with Gasteiger partial charge in [0.1, 0.15) is 0 Å². The molecule has 0 bridgehead atoms. The number of ether oxygens (including phenoxy) is 1. The molecular weight excluding hydrogens is 336 g/mol. The second-order valence-electron chi connectivity index (χ2n) is 5.91. The van der Waals surface area contributed by atoms with Crippen molar-refractivity contribution in [1.82, 2.24) is 4.98 Å². The Kier molecular flexibility index (Phi) is 3.90. The summed E-state index contributed by atoms with van der Waals surface area (Å²) in [4.78, 5) is 19.2. The van der Waals surface area contributed by atoms with E-state index in [2.05, 4.69) is 4.98 Å². The number of aromatic nitrogens is 1. The highest BCUT2D eigenvalue weighted by Crippen LogP contribution is 2.38. The van der Waals surface area contributed by atoms with Crippen LogP contribution in [0.2, 0.25) is 5.02 Å². The third kappa shape index (κ3) is 2.85. The van der Waals surface area contributed by atoms with Crippen molar-refractivity contribution in [3.63, 3.8) is 0 Å². The van der Waals surface area contributed by atoms with Crippen LogP contribution in [0.15, 0.2) is 60.8 Å². The van der Waals surface area contributed by atoms with E-state index in [4.69, 9.17) is 16.3 Å². The number of fused-ring (bicyclic) bond motifs is 2. The first-order valence-electron chi connectivity index (χ1n) is 7.92. The molecule has 5 heteroatoms. The molecule has 1 aromatic heterocycles. The van der Waals surface area contributed by atoms with Crippen LogP contribution in [0.5, 0.6) is 11.6 Å². The maximum Gasteiger partial charge on any atom is 0.260 e. The first-order valence-corrected chi connectivity index (χ1v) is 8.30. The van der Waals surface area contributed by atoms with Crippen LogP contribution >= 0.6 is 11.6 Å². The van der Waals surface area contributed by atoms with Crippen molar-refractivity contribution < 1.29 is 9.53 Å². The third-order valence-corrected chi connectivity index (χ3v) is 4.47. The fraction of sp³-hybridized carbons (Fsp3) is 0.100. The summed E-state index contributed by atoms with van der Waals surface area (Å²) in [6, 6.07) is 16.6. The number of aryl methyl sites for hydroxylation is 1.